The number of fused-ring (bicyclic) bond motifs is 1. The molecule has 3 rings (SSSR count). The SMILES string of the molecule is Cc1cc2c(o1)CC(C)(C)C[C@H]2NC(=O)c1cnn(C)c1C. The molecule has 0 saturated heterocycles. The van der Waals surface area contributed by atoms with Crippen molar-refractivity contribution in [2.75, 3.05) is 0 Å². The van der Waals surface area contributed by atoms with Crippen molar-refractivity contribution in [1.82, 2.24) is 15.1 Å². The lowest BCUT2D eigenvalue weighted by molar-refractivity contribution is 0.0916. The summed E-state index contributed by atoms with van der Waals surface area (Å²) in [4.78, 5) is 12.6. The second-order valence-electron chi connectivity index (χ2n) is 7.07. The summed E-state index contributed by atoms with van der Waals surface area (Å²) in [6, 6.07) is 2.04. The molecule has 22 heavy (non-hydrogen) atoms. The predicted octanol–water partition coefficient (Wildman–Crippen LogP) is 3.07. The third-order valence-electron chi connectivity index (χ3n) is 4.52. The Morgan fingerprint density at radius 2 is 2.18 bits per heavy atom. The largest absolute Gasteiger partial charge is 0.466 e. The van der Waals surface area contributed by atoms with Gasteiger partial charge in [0.05, 0.1) is 17.8 Å². The molecule has 1 N–H and O–H groups in total. The zero-order chi connectivity index (χ0) is 16.1. The highest BCUT2D eigenvalue weighted by molar-refractivity contribution is 5.95. The van der Waals surface area contributed by atoms with Gasteiger partial charge in [0.15, 0.2) is 0 Å². The number of aromatic nitrogens is 2. The molecule has 118 valence electrons. The Kier molecular flexibility index (Phi) is 3.38. The smallest absolute Gasteiger partial charge is 0.255 e. The zero-order valence-corrected chi connectivity index (χ0v) is 13.9. The van der Waals surface area contributed by atoms with Crippen LogP contribution < -0.4 is 5.32 Å². The van der Waals surface area contributed by atoms with Crippen molar-refractivity contribution >= 4 is 5.91 Å². The fourth-order valence-corrected chi connectivity index (χ4v) is 3.27. The lowest BCUT2D eigenvalue weighted by atomic mass is 9.74. The van der Waals surface area contributed by atoms with E-state index in [0.717, 1.165) is 35.6 Å². The van der Waals surface area contributed by atoms with Crippen LogP contribution in [0, 0.1) is 19.3 Å². The molecule has 0 spiro atoms. The minimum Gasteiger partial charge on any atom is -0.466 e. The van der Waals surface area contributed by atoms with Gasteiger partial charge in [-0.05, 0) is 31.7 Å². The number of nitrogens with zero attached hydrogens (tertiary/aromatic N) is 2. The van der Waals surface area contributed by atoms with E-state index in [1.165, 1.54) is 0 Å². The fraction of sp³-hybridized carbons (Fsp3) is 0.529. The van der Waals surface area contributed by atoms with Gasteiger partial charge in [-0.15, -0.1) is 0 Å². The molecule has 2 aromatic rings. The third-order valence-corrected chi connectivity index (χ3v) is 4.52. The second kappa shape index (κ2) is 5.00. The zero-order valence-electron chi connectivity index (χ0n) is 13.9. The lowest BCUT2D eigenvalue weighted by Crippen LogP contribution is -2.36. The summed E-state index contributed by atoms with van der Waals surface area (Å²) in [5.74, 6) is 1.83. The number of hydrogen-bond donors (Lipinski definition) is 1. The van der Waals surface area contributed by atoms with E-state index >= 15 is 0 Å². The summed E-state index contributed by atoms with van der Waals surface area (Å²) in [7, 11) is 1.84. The fourth-order valence-electron chi connectivity index (χ4n) is 3.27. The van der Waals surface area contributed by atoms with E-state index < -0.39 is 0 Å². The number of aryl methyl sites for hydroxylation is 2. The van der Waals surface area contributed by atoms with Crippen LogP contribution in [0.4, 0.5) is 0 Å². The minimum atomic E-state index is -0.0712. The van der Waals surface area contributed by atoms with Crippen molar-refractivity contribution in [2.45, 2.75) is 46.6 Å². The van der Waals surface area contributed by atoms with Crippen LogP contribution >= 0.6 is 0 Å². The van der Waals surface area contributed by atoms with E-state index in [9.17, 15) is 4.79 Å². The van der Waals surface area contributed by atoms with Crippen molar-refractivity contribution in [3.05, 3.63) is 40.6 Å². The Bertz CT molecular complexity index is 724. The molecule has 5 heteroatoms. The van der Waals surface area contributed by atoms with E-state index in [1.807, 2.05) is 27.0 Å². The molecule has 1 amide bonds. The first-order valence-electron chi connectivity index (χ1n) is 7.65. The maximum Gasteiger partial charge on any atom is 0.255 e. The molecular weight excluding hydrogens is 278 g/mol. The average molecular weight is 301 g/mol. The van der Waals surface area contributed by atoms with Gasteiger partial charge >= 0.3 is 0 Å². The van der Waals surface area contributed by atoms with Crippen LogP contribution in [0.25, 0.3) is 0 Å². The Morgan fingerprint density at radius 1 is 1.45 bits per heavy atom. The Labute approximate surface area is 130 Å². The molecule has 0 radical (unpaired) electrons. The van der Waals surface area contributed by atoms with Crippen LogP contribution in [-0.2, 0) is 13.5 Å². The molecule has 2 heterocycles. The summed E-state index contributed by atoms with van der Waals surface area (Å²) < 4.78 is 7.53. The number of carbonyl (C=O) groups is 1. The highest BCUT2D eigenvalue weighted by Crippen LogP contribution is 2.42. The topological polar surface area (TPSA) is 60.1 Å². The van der Waals surface area contributed by atoms with Crippen LogP contribution in [0.15, 0.2) is 16.7 Å². The van der Waals surface area contributed by atoms with E-state index in [2.05, 4.69) is 24.3 Å². The second-order valence-corrected chi connectivity index (χ2v) is 7.07. The van der Waals surface area contributed by atoms with E-state index in [4.69, 9.17) is 4.42 Å². The summed E-state index contributed by atoms with van der Waals surface area (Å²) in [5.41, 5.74) is 2.73. The van der Waals surface area contributed by atoms with Gasteiger partial charge in [-0.1, -0.05) is 13.8 Å². The van der Waals surface area contributed by atoms with Crippen molar-refractivity contribution < 1.29 is 9.21 Å². The highest BCUT2D eigenvalue weighted by atomic mass is 16.3. The quantitative estimate of drug-likeness (QED) is 0.927. The van der Waals surface area contributed by atoms with Crippen LogP contribution in [-0.4, -0.2) is 15.7 Å². The average Bonchev–Trinajstić information content (AvgIpc) is 2.92. The van der Waals surface area contributed by atoms with Gasteiger partial charge in [-0.2, -0.15) is 5.10 Å². The molecule has 2 aromatic heterocycles. The molecule has 0 fully saturated rings. The van der Waals surface area contributed by atoms with Crippen LogP contribution in [0.5, 0.6) is 0 Å². The predicted molar refractivity (Wildman–Crippen MR) is 83.7 cm³/mol. The highest BCUT2D eigenvalue weighted by Gasteiger charge is 2.35. The number of hydrogen-bond acceptors (Lipinski definition) is 3. The standard InChI is InChI=1S/C17H23N3O2/c1-10-6-12-14(7-17(3,4)8-15(12)22-10)19-16(21)13-9-18-20(5)11(13)2/h6,9,14H,7-8H2,1-5H3,(H,19,21)/t14-/m1/s1. The van der Waals surface area contributed by atoms with Crippen molar-refractivity contribution in [1.29, 1.82) is 0 Å². The molecule has 1 aliphatic carbocycles. The molecule has 0 bridgehead atoms. The summed E-state index contributed by atoms with van der Waals surface area (Å²) >= 11 is 0. The van der Waals surface area contributed by atoms with Crippen molar-refractivity contribution in [2.24, 2.45) is 12.5 Å². The van der Waals surface area contributed by atoms with Gasteiger partial charge in [-0.3, -0.25) is 9.48 Å². The number of furan rings is 1. The minimum absolute atomic E-state index is 0.0108. The Hall–Kier alpha value is -2.04. The van der Waals surface area contributed by atoms with Gasteiger partial charge in [0.1, 0.15) is 11.5 Å². The maximum absolute atomic E-state index is 12.6. The maximum atomic E-state index is 12.6. The molecule has 0 unspecified atom stereocenters. The van der Waals surface area contributed by atoms with Crippen molar-refractivity contribution in [3.8, 4) is 0 Å². The first-order chi connectivity index (χ1) is 10.3. The van der Waals surface area contributed by atoms with Crippen LogP contribution in [0.3, 0.4) is 0 Å². The third kappa shape index (κ3) is 2.56. The van der Waals surface area contributed by atoms with Gasteiger partial charge in [0, 0.05) is 24.7 Å². The normalized spacial score (nSPS) is 19.8. The van der Waals surface area contributed by atoms with Gasteiger partial charge in [0.2, 0.25) is 0 Å². The monoisotopic (exact) mass is 301 g/mol. The molecule has 5 nitrogen and oxygen atoms in total. The van der Waals surface area contributed by atoms with E-state index in [0.29, 0.717) is 5.56 Å². The number of amides is 1. The van der Waals surface area contributed by atoms with Gasteiger partial charge < -0.3 is 9.73 Å². The summed E-state index contributed by atoms with van der Waals surface area (Å²) in [6.45, 7) is 8.28. The molecule has 0 saturated carbocycles. The Morgan fingerprint density at radius 3 is 2.82 bits per heavy atom. The van der Waals surface area contributed by atoms with E-state index in [-0.39, 0.29) is 17.4 Å². The van der Waals surface area contributed by atoms with Gasteiger partial charge in [-0.25, -0.2) is 0 Å². The molecule has 1 aliphatic rings. The lowest BCUT2D eigenvalue weighted by Gasteiger charge is -2.34. The number of carbonyl (C=O) groups excluding carboxylic acids is 1. The van der Waals surface area contributed by atoms with Crippen LogP contribution in [0.1, 0.15) is 59.4 Å². The Balaban J connectivity index is 1.88. The number of rotatable bonds is 2. The van der Waals surface area contributed by atoms with E-state index in [1.54, 1.807) is 10.9 Å². The molecular formula is C17H23N3O2. The molecule has 0 aliphatic heterocycles. The summed E-state index contributed by atoms with van der Waals surface area (Å²) in [5, 5.41) is 7.31. The van der Waals surface area contributed by atoms with Crippen molar-refractivity contribution in [3.63, 3.8) is 0 Å². The first-order valence-corrected chi connectivity index (χ1v) is 7.65. The van der Waals surface area contributed by atoms with Crippen LogP contribution in [0.2, 0.25) is 0 Å². The van der Waals surface area contributed by atoms with Gasteiger partial charge in [0.25, 0.3) is 5.91 Å². The number of nitrogens with one attached hydrogen (secondary N) is 1. The molecule has 1 atom stereocenters. The summed E-state index contributed by atoms with van der Waals surface area (Å²) in [6.07, 6.45) is 3.44. The molecule has 0 aromatic carbocycles. The first kappa shape index (κ1) is 14.9.